The number of halogens is 1. The highest BCUT2D eigenvalue weighted by atomic mass is 35.5. The van der Waals surface area contributed by atoms with Gasteiger partial charge in [-0.2, -0.15) is 5.10 Å². The van der Waals surface area contributed by atoms with Gasteiger partial charge in [0.1, 0.15) is 5.82 Å². The third kappa shape index (κ3) is 2.53. The number of aromatic nitrogens is 5. The maximum absolute atomic E-state index is 4.63. The largest absolute Gasteiger partial charge is 0.354 e. The van der Waals surface area contributed by atoms with Crippen molar-refractivity contribution in [1.82, 2.24) is 29.5 Å². The number of imidazole rings is 1. The molecule has 1 aliphatic heterocycles. The lowest BCUT2D eigenvalue weighted by Gasteiger charge is -2.28. The van der Waals surface area contributed by atoms with Crippen LogP contribution in [0.1, 0.15) is 0 Å². The number of nitrogens with zero attached hydrogens (tertiary/aromatic N) is 6. The lowest BCUT2D eigenvalue weighted by atomic mass is 10.2. The third-order valence-electron chi connectivity index (χ3n) is 3.80. The van der Waals surface area contributed by atoms with Gasteiger partial charge in [-0.25, -0.2) is 9.97 Å². The standard InChI is InChI=1S/C14H17N7.ClH/c1-19-10-11(8-17-19)12-2-5-21-13(9-16-14(21)18-12)20-6-3-15-4-7-20;/h2,5,8-10,15H,3-4,6-7H2,1H3;1H. The number of anilines is 1. The van der Waals surface area contributed by atoms with Gasteiger partial charge in [0.15, 0.2) is 0 Å². The number of nitrogens with one attached hydrogen (secondary N) is 1. The minimum absolute atomic E-state index is 0. The van der Waals surface area contributed by atoms with E-state index in [-0.39, 0.29) is 12.4 Å². The minimum atomic E-state index is 0. The molecule has 0 aliphatic carbocycles. The molecule has 0 aromatic carbocycles. The van der Waals surface area contributed by atoms with Gasteiger partial charge in [-0.3, -0.25) is 9.08 Å². The molecule has 1 fully saturated rings. The smallest absolute Gasteiger partial charge is 0.235 e. The monoisotopic (exact) mass is 319 g/mol. The maximum atomic E-state index is 4.63. The number of rotatable bonds is 2. The van der Waals surface area contributed by atoms with Gasteiger partial charge >= 0.3 is 0 Å². The summed E-state index contributed by atoms with van der Waals surface area (Å²) in [4.78, 5) is 11.4. The predicted octanol–water partition coefficient (Wildman–Crippen LogP) is 0.961. The molecule has 22 heavy (non-hydrogen) atoms. The highest BCUT2D eigenvalue weighted by molar-refractivity contribution is 5.85. The van der Waals surface area contributed by atoms with E-state index in [4.69, 9.17) is 0 Å². The number of fused-ring (bicyclic) bond motifs is 1. The molecule has 8 heteroatoms. The van der Waals surface area contributed by atoms with Gasteiger partial charge in [-0.05, 0) is 6.07 Å². The topological polar surface area (TPSA) is 63.3 Å². The van der Waals surface area contributed by atoms with Crippen LogP contribution in [0, 0.1) is 0 Å². The van der Waals surface area contributed by atoms with Crippen LogP contribution >= 0.6 is 12.4 Å². The van der Waals surface area contributed by atoms with Crippen molar-refractivity contribution in [3.05, 3.63) is 30.9 Å². The summed E-state index contributed by atoms with van der Waals surface area (Å²) in [7, 11) is 1.90. The Labute approximate surface area is 134 Å². The van der Waals surface area contributed by atoms with Gasteiger partial charge in [-0.15, -0.1) is 12.4 Å². The van der Waals surface area contributed by atoms with E-state index in [1.165, 1.54) is 0 Å². The second kappa shape index (κ2) is 5.94. The second-order valence-corrected chi connectivity index (χ2v) is 5.24. The average molecular weight is 320 g/mol. The molecular weight excluding hydrogens is 302 g/mol. The van der Waals surface area contributed by atoms with Gasteiger partial charge in [0.25, 0.3) is 0 Å². The zero-order chi connectivity index (χ0) is 14.2. The molecule has 0 radical (unpaired) electrons. The number of hydrogen-bond donors (Lipinski definition) is 1. The van der Waals surface area contributed by atoms with Crippen LogP contribution in [-0.4, -0.2) is 50.3 Å². The van der Waals surface area contributed by atoms with E-state index in [2.05, 4.69) is 25.3 Å². The van der Waals surface area contributed by atoms with Gasteiger partial charge in [-0.1, -0.05) is 0 Å². The number of aryl methyl sites for hydroxylation is 1. The first-order valence-electron chi connectivity index (χ1n) is 7.10. The van der Waals surface area contributed by atoms with E-state index in [1.54, 1.807) is 4.68 Å². The first kappa shape index (κ1) is 14.8. The molecule has 3 aromatic heterocycles. The van der Waals surface area contributed by atoms with Crippen LogP contribution in [0.5, 0.6) is 0 Å². The molecule has 4 heterocycles. The van der Waals surface area contributed by atoms with Gasteiger partial charge in [0, 0.05) is 51.2 Å². The molecule has 1 saturated heterocycles. The van der Waals surface area contributed by atoms with Crippen molar-refractivity contribution >= 4 is 24.0 Å². The summed E-state index contributed by atoms with van der Waals surface area (Å²) in [5.41, 5.74) is 1.90. The summed E-state index contributed by atoms with van der Waals surface area (Å²) in [6, 6.07) is 2.01. The molecule has 0 atom stereocenters. The summed E-state index contributed by atoms with van der Waals surface area (Å²) in [6.45, 7) is 4.01. The van der Waals surface area contributed by atoms with E-state index in [0.717, 1.165) is 49.0 Å². The molecule has 0 bridgehead atoms. The molecular formula is C14H18ClN7. The third-order valence-corrected chi connectivity index (χ3v) is 3.80. The van der Waals surface area contributed by atoms with Crippen LogP contribution in [0.25, 0.3) is 17.0 Å². The van der Waals surface area contributed by atoms with Crippen LogP contribution in [0.3, 0.4) is 0 Å². The molecule has 4 rings (SSSR count). The fraction of sp³-hybridized carbons (Fsp3) is 0.357. The Morgan fingerprint density at radius 1 is 1.18 bits per heavy atom. The van der Waals surface area contributed by atoms with Crippen molar-refractivity contribution in [1.29, 1.82) is 0 Å². The molecule has 116 valence electrons. The Morgan fingerprint density at radius 3 is 2.73 bits per heavy atom. The first-order valence-corrected chi connectivity index (χ1v) is 7.10. The van der Waals surface area contributed by atoms with E-state index in [1.807, 2.05) is 42.3 Å². The molecule has 1 N–H and O–H groups in total. The van der Waals surface area contributed by atoms with Crippen LogP contribution in [0.15, 0.2) is 30.9 Å². The van der Waals surface area contributed by atoms with Crippen molar-refractivity contribution in [2.45, 2.75) is 0 Å². The summed E-state index contributed by atoms with van der Waals surface area (Å²) in [5, 5.41) is 7.55. The Balaban J connectivity index is 0.00000144. The van der Waals surface area contributed by atoms with E-state index < -0.39 is 0 Å². The molecule has 7 nitrogen and oxygen atoms in total. The first-order chi connectivity index (χ1) is 10.3. The molecule has 1 aliphatic rings. The van der Waals surface area contributed by atoms with Crippen molar-refractivity contribution < 1.29 is 0 Å². The van der Waals surface area contributed by atoms with E-state index in [9.17, 15) is 0 Å². The molecule has 0 spiro atoms. The lowest BCUT2D eigenvalue weighted by molar-refractivity contribution is 0.584. The van der Waals surface area contributed by atoms with Crippen LogP contribution in [0.2, 0.25) is 0 Å². The normalized spacial score (nSPS) is 15.0. The SMILES string of the molecule is Cl.Cn1cc(-c2ccn3c(N4CCNCC4)cnc3n2)cn1. The summed E-state index contributed by atoms with van der Waals surface area (Å²) >= 11 is 0. The average Bonchev–Trinajstić information content (AvgIpc) is 3.13. The van der Waals surface area contributed by atoms with E-state index in [0.29, 0.717) is 0 Å². The molecule has 3 aromatic rings. The van der Waals surface area contributed by atoms with Crippen molar-refractivity contribution in [2.24, 2.45) is 7.05 Å². The Hall–Kier alpha value is -2.12. The van der Waals surface area contributed by atoms with Crippen LogP contribution in [0.4, 0.5) is 5.82 Å². The maximum Gasteiger partial charge on any atom is 0.235 e. The van der Waals surface area contributed by atoms with Crippen molar-refractivity contribution in [3.8, 4) is 11.3 Å². The number of hydrogen-bond acceptors (Lipinski definition) is 5. The number of piperazine rings is 1. The molecule has 0 unspecified atom stereocenters. The lowest BCUT2D eigenvalue weighted by Crippen LogP contribution is -2.44. The highest BCUT2D eigenvalue weighted by Crippen LogP contribution is 2.20. The second-order valence-electron chi connectivity index (χ2n) is 5.24. The zero-order valence-electron chi connectivity index (χ0n) is 12.3. The van der Waals surface area contributed by atoms with Crippen LogP contribution in [-0.2, 0) is 7.05 Å². The zero-order valence-corrected chi connectivity index (χ0v) is 13.1. The minimum Gasteiger partial charge on any atom is -0.354 e. The quantitative estimate of drug-likeness (QED) is 0.762. The Bertz CT molecular complexity index is 772. The van der Waals surface area contributed by atoms with Crippen LogP contribution < -0.4 is 10.2 Å². The fourth-order valence-electron chi connectivity index (χ4n) is 2.70. The van der Waals surface area contributed by atoms with Gasteiger partial charge < -0.3 is 10.2 Å². The summed E-state index contributed by atoms with van der Waals surface area (Å²) < 4.78 is 3.82. The van der Waals surface area contributed by atoms with Gasteiger partial charge in [0.05, 0.1) is 18.1 Å². The molecule has 0 saturated carbocycles. The van der Waals surface area contributed by atoms with Gasteiger partial charge in [0.2, 0.25) is 5.78 Å². The Kier molecular flexibility index (Phi) is 4.00. The van der Waals surface area contributed by atoms with Crippen molar-refractivity contribution in [2.75, 3.05) is 31.1 Å². The summed E-state index contributed by atoms with van der Waals surface area (Å²) in [6.07, 6.45) is 7.72. The van der Waals surface area contributed by atoms with E-state index >= 15 is 0 Å². The van der Waals surface area contributed by atoms with Crippen molar-refractivity contribution in [3.63, 3.8) is 0 Å². The molecule has 0 amide bonds. The summed E-state index contributed by atoms with van der Waals surface area (Å²) in [5.74, 6) is 1.83. The fourth-order valence-corrected chi connectivity index (χ4v) is 2.70. The Morgan fingerprint density at radius 2 is 2.00 bits per heavy atom. The highest BCUT2D eigenvalue weighted by Gasteiger charge is 2.15. The predicted molar refractivity (Wildman–Crippen MR) is 87.5 cm³/mol.